The fourth-order valence-electron chi connectivity index (χ4n) is 7.93. The van der Waals surface area contributed by atoms with Crippen LogP contribution in [0.4, 0.5) is 5.82 Å². The molecule has 2 bridgehead atoms. The number of carbonyl (C=O) groups excluding carboxylic acids is 3. The first-order chi connectivity index (χ1) is 27.7. The van der Waals surface area contributed by atoms with Gasteiger partial charge in [-0.25, -0.2) is 9.67 Å². The molecule has 2 aromatic carbocycles. The van der Waals surface area contributed by atoms with Gasteiger partial charge in [0.25, 0.3) is 5.91 Å². The maximum absolute atomic E-state index is 14.9. The van der Waals surface area contributed by atoms with Crippen molar-refractivity contribution in [3.05, 3.63) is 83.0 Å². The molecule has 300 valence electrons. The molecular formula is C42H50N8O7. The number of amides is 3. The molecule has 1 saturated heterocycles. The van der Waals surface area contributed by atoms with Crippen molar-refractivity contribution in [3.8, 4) is 22.9 Å². The summed E-state index contributed by atoms with van der Waals surface area (Å²) in [5.41, 5.74) is 4.05. The zero-order chi connectivity index (χ0) is 40.1. The van der Waals surface area contributed by atoms with Crippen molar-refractivity contribution in [1.29, 1.82) is 0 Å². The molecule has 15 heteroatoms. The molecule has 0 spiro atoms. The maximum Gasteiger partial charge on any atom is 0.256 e. The molecule has 0 aliphatic carbocycles. The Balaban J connectivity index is 1.30. The Kier molecular flexibility index (Phi) is 11.9. The lowest BCUT2D eigenvalue weighted by atomic mass is 9.97. The summed E-state index contributed by atoms with van der Waals surface area (Å²) < 4.78 is 24.4. The number of piperidine rings is 1. The van der Waals surface area contributed by atoms with Crippen LogP contribution in [0.15, 0.2) is 59.4 Å². The van der Waals surface area contributed by atoms with Gasteiger partial charge in [0.1, 0.15) is 11.6 Å². The molecule has 2 aliphatic heterocycles. The van der Waals surface area contributed by atoms with Gasteiger partial charge in [0.2, 0.25) is 17.6 Å². The minimum atomic E-state index is -0.212. The molecule has 5 aromatic rings. The predicted molar refractivity (Wildman–Crippen MR) is 213 cm³/mol. The van der Waals surface area contributed by atoms with Gasteiger partial charge in [-0.3, -0.25) is 14.4 Å². The fraction of sp³-hybridized carbons (Fsp3) is 0.429. The third-order valence-electron chi connectivity index (χ3n) is 10.9. The number of rotatable bonds is 7. The van der Waals surface area contributed by atoms with E-state index in [0.717, 1.165) is 41.7 Å². The minimum Gasteiger partial charge on any atom is -0.493 e. The standard InChI is InChI=1S/C42H50N8O7/c1-27-32(28(2)57-46-27)21-38(52)47-16-8-9-17-49(42(53)31-13-6-7-14-35(31)50-19-11-15-44-50)25-30-20-33-34(22-36(54-3)40(56-5)39(33)55-4)45-41(30)48-18-10-12-29(24-48)23-43-37(51)26-47/h6-7,11,13-15,19-20,22,29H,8-10,12,16-18,21,23-26H2,1-5H3,(H,43,51). The summed E-state index contributed by atoms with van der Waals surface area (Å²) in [5.74, 6) is 2.34. The zero-order valence-electron chi connectivity index (χ0n) is 33.2. The van der Waals surface area contributed by atoms with E-state index >= 15 is 0 Å². The molecular weight excluding hydrogens is 729 g/mol. The van der Waals surface area contributed by atoms with Crippen LogP contribution >= 0.6 is 0 Å². The lowest BCUT2D eigenvalue weighted by Gasteiger charge is -2.36. The van der Waals surface area contributed by atoms with Crippen LogP contribution in [-0.2, 0) is 22.6 Å². The highest BCUT2D eigenvalue weighted by Gasteiger charge is 2.29. The van der Waals surface area contributed by atoms with E-state index in [1.807, 2.05) is 60.5 Å². The van der Waals surface area contributed by atoms with Crippen LogP contribution in [0.25, 0.3) is 16.6 Å². The van der Waals surface area contributed by atoms with E-state index in [1.165, 1.54) is 0 Å². The lowest BCUT2D eigenvalue weighted by Crippen LogP contribution is -2.46. The Hall–Kier alpha value is -6.12. The van der Waals surface area contributed by atoms with Crippen LogP contribution in [0.3, 0.4) is 0 Å². The molecule has 1 atom stereocenters. The van der Waals surface area contributed by atoms with Crippen molar-refractivity contribution in [1.82, 2.24) is 35.0 Å². The predicted octanol–water partition coefficient (Wildman–Crippen LogP) is 4.89. The lowest BCUT2D eigenvalue weighted by molar-refractivity contribution is -0.135. The second-order valence-electron chi connectivity index (χ2n) is 14.6. The van der Waals surface area contributed by atoms with Crippen LogP contribution in [0, 0.1) is 19.8 Å². The number of hydrogen-bond donors (Lipinski definition) is 1. The van der Waals surface area contributed by atoms with Gasteiger partial charge in [-0.15, -0.1) is 0 Å². The topological polar surface area (TPSA) is 157 Å². The highest BCUT2D eigenvalue weighted by molar-refractivity contribution is 5.98. The molecule has 3 aromatic heterocycles. The number of hydrogen-bond acceptors (Lipinski definition) is 11. The van der Waals surface area contributed by atoms with Crippen LogP contribution in [0.2, 0.25) is 0 Å². The zero-order valence-corrected chi connectivity index (χ0v) is 33.2. The van der Waals surface area contributed by atoms with Crippen molar-refractivity contribution in [3.63, 3.8) is 0 Å². The Morgan fingerprint density at radius 1 is 0.930 bits per heavy atom. The Morgan fingerprint density at radius 3 is 2.44 bits per heavy atom. The summed E-state index contributed by atoms with van der Waals surface area (Å²) >= 11 is 0. The molecule has 2 aliphatic rings. The molecule has 0 radical (unpaired) electrons. The normalized spacial score (nSPS) is 16.9. The Labute approximate surface area is 331 Å². The van der Waals surface area contributed by atoms with Gasteiger partial charge in [-0.05, 0) is 69.7 Å². The van der Waals surface area contributed by atoms with Gasteiger partial charge in [0.05, 0.1) is 56.8 Å². The number of nitrogens with one attached hydrogen (secondary N) is 1. The first-order valence-corrected chi connectivity index (χ1v) is 19.4. The molecule has 57 heavy (non-hydrogen) atoms. The summed E-state index contributed by atoms with van der Waals surface area (Å²) in [6, 6.07) is 13.2. The Morgan fingerprint density at radius 2 is 1.72 bits per heavy atom. The summed E-state index contributed by atoms with van der Waals surface area (Å²) in [7, 11) is 4.73. The van der Waals surface area contributed by atoms with Crippen LogP contribution in [0.1, 0.15) is 58.6 Å². The van der Waals surface area contributed by atoms with E-state index in [2.05, 4.69) is 20.5 Å². The van der Waals surface area contributed by atoms with E-state index in [-0.39, 0.29) is 43.1 Å². The summed E-state index contributed by atoms with van der Waals surface area (Å²) in [6.45, 7) is 6.32. The first kappa shape index (κ1) is 39.1. The van der Waals surface area contributed by atoms with E-state index < -0.39 is 0 Å². The van der Waals surface area contributed by atoms with Gasteiger partial charge < -0.3 is 38.8 Å². The fourth-order valence-corrected chi connectivity index (χ4v) is 7.93. The van der Waals surface area contributed by atoms with Crippen molar-refractivity contribution in [2.24, 2.45) is 5.92 Å². The second kappa shape index (κ2) is 17.3. The monoisotopic (exact) mass is 778 g/mol. The van der Waals surface area contributed by atoms with E-state index in [1.54, 1.807) is 44.0 Å². The van der Waals surface area contributed by atoms with Crippen molar-refractivity contribution in [2.75, 3.05) is 65.5 Å². The van der Waals surface area contributed by atoms with Crippen LogP contribution in [0.5, 0.6) is 17.2 Å². The number of nitrogens with zero attached hydrogens (tertiary/aromatic N) is 7. The number of fused-ring (bicyclic) bond motifs is 5. The number of pyridine rings is 1. The number of carbonyl (C=O) groups is 3. The number of methoxy groups -OCH3 is 3. The largest absolute Gasteiger partial charge is 0.493 e. The van der Waals surface area contributed by atoms with Gasteiger partial charge >= 0.3 is 0 Å². The molecule has 5 heterocycles. The third kappa shape index (κ3) is 8.37. The van der Waals surface area contributed by atoms with Crippen molar-refractivity contribution < 1.29 is 33.1 Å². The summed E-state index contributed by atoms with van der Waals surface area (Å²) in [6.07, 6.45) is 6.49. The number of para-hydroxylation sites is 1. The van der Waals surface area contributed by atoms with E-state index in [4.69, 9.17) is 23.7 Å². The van der Waals surface area contributed by atoms with Crippen LogP contribution in [-0.4, -0.2) is 108 Å². The van der Waals surface area contributed by atoms with E-state index in [0.29, 0.717) is 84.5 Å². The smallest absolute Gasteiger partial charge is 0.256 e. The highest BCUT2D eigenvalue weighted by Crippen LogP contribution is 2.44. The molecule has 1 N–H and O–H groups in total. The first-order valence-electron chi connectivity index (χ1n) is 19.4. The van der Waals surface area contributed by atoms with Crippen molar-refractivity contribution in [2.45, 2.75) is 52.5 Å². The number of aromatic nitrogens is 4. The highest BCUT2D eigenvalue weighted by atomic mass is 16.5. The van der Waals surface area contributed by atoms with Gasteiger partial charge in [-0.2, -0.15) is 5.10 Å². The number of aryl methyl sites for hydroxylation is 2. The second-order valence-corrected chi connectivity index (χ2v) is 14.6. The third-order valence-corrected chi connectivity index (χ3v) is 10.9. The SMILES string of the molecule is COc1cc2nc3c(cc2c(OC)c1OC)CN(C(=O)c1ccccc1-n1cccn1)CCCCN(C(=O)Cc1c(C)noc1C)CC(=O)NCC1CCCN3C1. The van der Waals surface area contributed by atoms with Crippen molar-refractivity contribution >= 4 is 34.4 Å². The maximum atomic E-state index is 14.9. The van der Waals surface area contributed by atoms with Crippen LogP contribution < -0.4 is 24.4 Å². The number of ether oxygens (including phenoxy) is 3. The molecule has 1 unspecified atom stereocenters. The average molecular weight is 779 g/mol. The van der Waals surface area contributed by atoms with Gasteiger partial charge in [0.15, 0.2) is 11.5 Å². The molecule has 3 amide bonds. The number of anilines is 1. The summed E-state index contributed by atoms with van der Waals surface area (Å²) in [5, 5.41) is 12.3. The Bertz CT molecular complexity index is 2220. The summed E-state index contributed by atoms with van der Waals surface area (Å²) in [4.78, 5) is 53.1. The molecule has 7 rings (SSSR count). The molecule has 1 fully saturated rings. The van der Waals surface area contributed by atoms with Gasteiger partial charge in [0, 0.05) is 74.2 Å². The molecule has 0 saturated carbocycles. The average Bonchev–Trinajstić information content (AvgIpc) is 3.88. The van der Waals surface area contributed by atoms with E-state index in [9.17, 15) is 14.4 Å². The minimum absolute atomic E-state index is 0.0674. The van der Waals surface area contributed by atoms with Gasteiger partial charge in [-0.1, -0.05) is 17.3 Å². The molecule has 15 nitrogen and oxygen atoms in total. The quantitative estimate of drug-likeness (QED) is 0.240. The number of benzene rings is 2.